The van der Waals surface area contributed by atoms with Crippen molar-refractivity contribution in [3.8, 4) is 0 Å². The summed E-state index contributed by atoms with van der Waals surface area (Å²) in [5, 5.41) is 0. The first-order valence-corrected chi connectivity index (χ1v) is 7.13. The Bertz CT molecular complexity index is 438. The van der Waals surface area contributed by atoms with Crippen LogP contribution in [0.2, 0.25) is 0 Å². The van der Waals surface area contributed by atoms with Crippen LogP contribution in [-0.2, 0) is 4.79 Å². The number of Topliss-reactive ketones (excluding diaryl/α,β-unsaturated/α-hetero) is 1. The van der Waals surface area contributed by atoms with Crippen LogP contribution in [0.1, 0.15) is 44.7 Å². The molecule has 0 N–H and O–H groups in total. The molecule has 1 unspecified atom stereocenters. The summed E-state index contributed by atoms with van der Waals surface area (Å²) in [7, 11) is 0. The summed E-state index contributed by atoms with van der Waals surface area (Å²) in [6.07, 6.45) is 3.39. The van der Waals surface area contributed by atoms with E-state index in [9.17, 15) is 9.18 Å². The van der Waals surface area contributed by atoms with Gasteiger partial charge in [0, 0.05) is 11.5 Å². The lowest BCUT2D eigenvalue weighted by molar-refractivity contribution is -0.128. The van der Waals surface area contributed by atoms with Crippen LogP contribution in [0.15, 0.2) is 24.3 Å². The number of likely N-dealkylation sites (tertiary alicyclic amines) is 1. The quantitative estimate of drug-likeness (QED) is 0.827. The molecule has 0 saturated carbocycles. The molecule has 19 heavy (non-hydrogen) atoms. The van der Waals surface area contributed by atoms with E-state index in [0.717, 1.165) is 25.9 Å². The third-order valence-electron chi connectivity index (χ3n) is 3.79. The van der Waals surface area contributed by atoms with Crippen molar-refractivity contribution in [2.75, 3.05) is 13.1 Å². The minimum absolute atomic E-state index is 0.0773. The summed E-state index contributed by atoms with van der Waals surface area (Å²) < 4.78 is 14.0. The van der Waals surface area contributed by atoms with E-state index in [0.29, 0.717) is 5.56 Å². The standard InChI is InChI=1S/C16H22FNO/c1-12(2)16(19)15(18-10-6-3-7-11-18)13-8-4-5-9-14(13)17/h4-5,8-9,12,15H,3,6-7,10-11H2,1-2H3. The Morgan fingerprint density at radius 1 is 1.16 bits per heavy atom. The van der Waals surface area contributed by atoms with Gasteiger partial charge in [0.1, 0.15) is 5.82 Å². The van der Waals surface area contributed by atoms with Gasteiger partial charge < -0.3 is 0 Å². The highest BCUT2D eigenvalue weighted by atomic mass is 19.1. The van der Waals surface area contributed by atoms with Crippen molar-refractivity contribution in [1.29, 1.82) is 0 Å². The largest absolute Gasteiger partial charge is 0.297 e. The average Bonchev–Trinajstić information content (AvgIpc) is 2.42. The normalized spacial score (nSPS) is 18.5. The number of ketones is 1. The summed E-state index contributed by atoms with van der Waals surface area (Å²) in [6, 6.07) is 6.26. The second-order valence-electron chi connectivity index (χ2n) is 5.58. The van der Waals surface area contributed by atoms with Crippen molar-refractivity contribution in [2.24, 2.45) is 5.92 Å². The number of carbonyl (C=O) groups is 1. The Hall–Kier alpha value is -1.22. The molecule has 1 atom stereocenters. The first-order valence-electron chi connectivity index (χ1n) is 7.13. The van der Waals surface area contributed by atoms with Gasteiger partial charge in [0.15, 0.2) is 5.78 Å². The molecule has 0 bridgehead atoms. The molecule has 1 aromatic rings. The highest BCUT2D eigenvalue weighted by Crippen LogP contribution is 2.29. The molecule has 104 valence electrons. The second kappa shape index (κ2) is 6.29. The molecule has 1 aliphatic heterocycles. The lowest BCUT2D eigenvalue weighted by atomic mass is 9.92. The Morgan fingerprint density at radius 3 is 2.37 bits per heavy atom. The first-order chi connectivity index (χ1) is 9.11. The topological polar surface area (TPSA) is 20.3 Å². The molecule has 1 fully saturated rings. The number of nitrogens with zero attached hydrogens (tertiary/aromatic N) is 1. The summed E-state index contributed by atoms with van der Waals surface area (Å²) in [5.74, 6) is -0.231. The van der Waals surface area contributed by atoms with Crippen LogP contribution in [0.25, 0.3) is 0 Å². The van der Waals surface area contributed by atoms with Crippen molar-refractivity contribution in [2.45, 2.75) is 39.2 Å². The van der Waals surface area contributed by atoms with Crippen molar-refractivity contribution in [1.82, 2.24) is 4.90 Å². The zero-order valence-electron chi connectivity index (χ0n) is 11.7. The zero-order chi connectivity index (χ0) is 13.8. The third kappa shape index (κ3) is 3.21. The Labute approximate surface area is 114 Å². The average molecular weight is 263 g/mol. The molecule has 1 aliphatic rings. The maximum Gasteiger partial charge on any atom is 0.157 e. The van der Waals surface area contributed by atoms with E-state index in [-0.39, 0.29) is 17.5 Å². The van der Waals surface area contributed by atoms with Crippen LogP contribution in [0.3, 0.4) is 0 Å². The van der Waals surface area contributed by atoms with E-state index < -0.39 is 6.04 Å². The Kier molecular flexibility index (Phi) is 4.70. The fourth-order valence-electron chi connectivity index (χ4n) is 2.72. The molecule has 1 saturated heterocycles. The van der Waals surface area contributed by atoms with Crippen molar-refractivity contribution in [3.63, 3.8) is 0 Å². The van der Waals surface area contributed by atoms with Crippen LogP contribution < -0.4 is 0 Å². The number of carbonyl (C=O) groups excluding carboxylic acids is 1. The van der Waals surface area contributed by atoms with Crippen molar-refractivity contribution < 1.29 is 9.18 Å². The van der Waals surface area contributed by atoms with Crippen molar-refractivity contribution >= 4 is 5.78 Å². The lowest BCUT2D eigenvalue weighted by Gasteiger charge is -2.34. The maximum absolute atomic E-state index is 14.0. The van der Waals surface area contributed by atoms with Gasteiger partial charge in [0.25, 0.3) is 0 Å². The van der Waals surface area contributed by atoms with Gasteiger partial charge >= 0.3 is 0 Å². The van der Waals surface area contributed by atoms with Gasteiger partial charge in [-0.1, -0.05) is 38.5 Å². The van der Waals surface area contributed by atoms with Gasteiger partial charge in [0.05, 0.1) is 6.04 Å². The smallest absolute Gasteiger partial charge is 0.157 e. The fraction of sp³-hybridized carbons (Fsp3) is 0.562. The van der Waals surface area contributed by atoms with Crippen LogP contribution in [-0.4, -0.2) is 23.8 Å². The predicted octanol–water partition coefficient (Wildman–Crippen LogP) is 3.58. The first kappa shape index (κ1) is 14.2. The van der Waals surface area contributed by atoms with Gasteiger partial charge in [-0.3, -0.25) is 9.69 Å². The van der Waals surface area contributed by atoms with Crippen LogP contribution >= 0.6 is 0 Å². The van der Waals surface area contributed by atoms with Gasteiger partial charge in [-0.2, -0.15) is 0 Å². The van der Waals surface area contributed by atoms with E-state index in [1.54, 1.807) is 12.1 Å². The van der Waals surface area contributed by atoms with Gasteiger partial charge in [0.2, 0.25) is 0 Å². The second-order valence-corrected chi connectivity index (χ2v) is 5.58. The van der Waals surface area contributed by atoms with Crippen molar-refractivity contribution in [3.05, 3.63) is 35.6 Å². The summed E-state index contributed by atoms with van der Waals surface area (Å²) >= 11 is 0. The molecule has 3 heteroatoms. The van der Waals surface area contributed by atoms with E-state index >= 15 is 0 Å². The molecule has 1 heterocycles. The van der Waals surface area contributed by atoms with E-state index in [1.807, 2.05) is 19.9 Å². The Balaban J connectivity index is 2.33. The zero-order valence-corrected chi connectivity index (χ0v) is 11.7. The lowest BCUT2D eigenvalue weighted by Crippen LogP contribution is -2.39. The fourth-order valence-corrected chi connectivity index (χ4v) is 2.72. The summed E-state index contributed by atoms with van der Waals surface area (Å²) in [4.78, 5) is 14.6. The highest BCUT2D eigenvalue weighted by molar-refractivity contribution is 5.87. The number of hydrogen-bond acceptors (Lipinski definition) is 2. The van der Waals surface area contributed by atoms with Crippen LogP contribution in [0, 0.1) is 11.7 Å². The van der Waals surface area contributed by atoms with Crippen LogP contribution in [0.5, 0.6) is 0 Å². The molecule has 1 aromatic carbocycles. The summed E-state index contributed by atoms with van der Waals surface area (Å²) in [6.45, 7) is 5.55. The molecule has 0 aliphatic carbocycles. The predicted molar refractivity (Wildman–Crippen MR) is 74.4 cm³/mol. The molecule has 0 aromatic heterocycles. The number of piperidine rings is 1. The molecule has 2 rings (SSSR count). The van der Waals surface area contributed by atoms with E-state index in [2.05, 4.69) is 4.90 Å². The minimum Gasteiger partial charge on any atom is -0.297 e. The van der Waals surface area contributed by atoms with Gasteiger partial charge in [-0.25, -0.2) is 4.39 Å². The van der Waals surface area contributed by atoms with E-state index in [1.165, 1.54) is 12.5 Å². The number of rotatable bonds is 4. The third-order valence-corrected chi connectivity index (χ3v) is 3.79. The molecular formula is C16H22FNO. The molecule has 0 amide bonds. The molecule has 0 spiro atoms. The Morgan fingerprint density at radius 2 is 1.79 bits per heavy atom. The monoisotopic (exact) mass is 263 g/mol. The van der Waals surface area contributed by atoms with Crippen LogP contribution in [0.4, 0.5) is 4.39 Å². The SMILES string of the molecule is CC(C)C(=O)C(c1ccccc1F)N1CCCCC1. The molecule has 2 nitrogen and oxygen atoms in total. The molecule has 0 radical (unpaired) electrons. The maximum atomic E-state index is 14.0. The molecular weight excluding hydrogens is 241 g/mol. The minimum atomic E-state index is -0.415. The number of halogens is 1. The number of benzene rings is 1. The summed E-state index contributed by atoms with van der Waals surface area (Å²) in [5.41, 5.74) is 0.531. The number of hydrogen-bond donors (Lipinski definition) is 0. The highest BCUT2D eigenvalue weighted by Gasteiger charge is 2.31. The van der Waals surface area contributed by atoms with Gasteiger partial charge in [-0.15, -0.1) is 0 Å². The van der Waals surface area contributed by atoms with Gasteiger partial charge in [-0.05, 0) is 32.0 Å². The van der Waals surface area contributed by atoms with E-state index in [4.69, 9.17) is 0 Å².